The van der Waals surface area contributed by atoms with E-state index in [-0.39, 0.29) is 0 Å². The molecule has 5 heteroatoms. The van der Waals surface area contributed by atoms with Crippen LogP contribution in [0.2, 0.25) is 0 Å². The summed E-state index contributed by atoms with van der Waals surface area (Å²) in [6.45, 7) is -0.0856. The van der Waals surface area contributed by atoms with E-state index in [0.717, 1.165) is 9.26 Å². The third kappa shape index (κ3) is 2.47. The van der Waals surface area contributed by atoms with Gasteiger partial charge in [0.2, 0.25) is 0 Å². The SMILES string of the molecule is Nc1cc(NCCF)c(I)cn1. The van der Waals surface area contributed by atoms with Crippen molar-refractivity contribution in [1.29, 1.82) is 0 Å². The van der Waals surface area contributed by atoms with Crippen molar-refractivity contribution in [3.63, 3.8) is 0 Å². The van der Waals surface area contributed by atoms with Gasteiger partial charge < -0.3 is 11.1 Å². The highest BCUT2D eigenvalue weighted by molar-refractivity contribution is 14.1. The maximum Gasteiger partial charge on any atom is 0.125 e. The number of alkyl halides is 1. The van der Waals surface area contributed by atoms with Crippen LogP contribution in [0.3, 0.4) is 0 Å². The Labute approximate surface area is 83.7 Å². The Hall–Kier alpha value is -0.590. The molecule has 1 aromatic rings. The zero-order valence-corrected chi connectivity index (χ0v) is 8.51. The van der Waals surface area contributed by atoms with E-state index in [0.29, 0.717) is 12.4 Å². The molecule has 3 N–H and O–H groups in total. The molecule has 0 spiro atoms. The standard InChI is InChI=1S/C7H9FIN3/c8-1-2-11-6-3-7(10)12-4-5(6)9/h3-4H,1-2H2,(H3,10,11,12). The van der Waals surface area contributed by atoms with Crippen LogP contribution < -0.4 is 11.1 Å². The highest BCUT2D eigenvalue weighted by Crippen LogP contribution is 2.18. The van der Waals surface area contributed by atoms with Crippen molar-refractivity contribution in [3.8, 4) is 0 Å². The Morgan fingerprint density at radius 3 is 3.08 bits per heavy atom. The van der Waals surface area contributed by atoms with Gasteiger partial charge in [0.1, 0.15) is 12.5 Å². The average Bonchev–Trinajstić information content (AvgIpc) is 2.07. The van der Waals surface area contributed by atoms with Crippen LogP contribution in [0.15, 0.2) is 12.3 Å². The molecule has 0 radical (unpaired) electrons. The fraction of sp³-hybridized carbons (Fsp3) is 0.286. The number of hydrogen-bond acceptors (Lipinski definition) is 3. The fourth-order valence-corrected chi connectivity index (χ4v) is 1.26. The lowest BCUT2D eigenvalue weighted by Crippen LogP contribution is -2.05. The summed E-state index contributed by atoms with van der Waals surface area (Å²) in [6.07, 6.45) is 1.65. The van der Waals surface area contributed by atoms with Gasteiger partial charge in [-0.05, 0) is 22.6 Å². The van der Waals surface area contributed by atoms with Crippen LogP contribution in [-0.2, 0) is 0 Å². The summed E-state index contributed by atoms with van der Waals surface area (Å²) in [6, 6.07) is 1.69. The average molecular weight is 281 g/mol. The van der Waals surface area contributed by atoms with Gasteiger partial charge in [-0.15, -0.1) is 0 Å². The van der Waals surface area contributed by atoms with Crippen LogP contribution in [-0.4, -0.2) is 18.2 Å². The number of nitrogens with two attached hydrogens (primary N) is 1. The molecule has 1 heterocycles. The molecule has 0 aliphatic carbocycles. The fourth-order valence-electron chi connectivity index (χ4n) is 0.772. The number of nitrogen functional groups attached to an aromatic ring is 1. The molecule has 12 heavy (non-hydrogen) atoms. The zero-order chi connectivity index (χ0) is 8.97. The molecule has 0 aromatic carbocycles. The molecule has 0 aliphatic heterocycles. The molecule has 0 bridgehead atoms. The minimum atomic E-state index is -0.391. The van der Waals surface area contributed by atoms with Gasteiger partial charge in [-0.1, -0.05) is 0 Å². The van der Waals surface area contributed by atoms with Gasteiger partial charge in [-0.25, -0.2) is 9.37 Å². The Morgan fingerprint density at radius 1 is 1.67 bits per heavy atom. The van der Waals surface area contributed by atoms with Crippen molar-refractivity contribution in [2.24, 2.45) is 0 Å². The smallest absolute Gasteiger partial charge is 0.125 e. The summed E-state index contributed by atoms with van der Waals surface area (Å²) in [5.41, 5.74) is 6.29. The summed E-state index contributed by atoms with van der Waals surface area (Å²) in [5.74, 6) is 0.441. The van der Waals surface area contributed by atoms with Crippen molar-refractivity contribution < 1.29 is 4.39 Å². The first-order valence-corrected chi connectivity index (χ1v) is 4.53. The van der Waals surface area contributed by atoms with Crippen molar-refractivity contribution in [2.45, 2.75) is 0 Å². The van der Waals surface area contributed by atoms with Gasteiger partial charge in [0, 0.05) is 18.8 Å². The lowest BCUT2D eigenvalue weighted by atomic mass is 10.4. The number of rotatable bonds is 3. The first-order chi connectivity index (χ1) is 5.74. The highest BCUT2D eigenvalue weighted by Gasteiger charge is 1.99. The van der Waals surface area contributed by atoms with E-state index in [1.807, 2.05) is 0 Å². The maximum atomic E-state index is 11.8. The summed E-state index contributed by atoms with van der Waals surface area (Å²) in [4.78, 5) is 3.88. The summed E-state index contributed by atoms with van der Waals surface area (Å²) < 4.78 is 12.7. The molecule has 0 unspecified atom stereocenters. The van der Waals surface area contributed by atoms with Crippen LogP contribution in [0.1, 0.15) is 0 Å². The molecule has 0 amide bonds. The number of nitrogens with zero attached hydrogens (tertiary/aromatic N) is 1. The van der Waals surface area contributed by atoms with Gasteiger partial charge >= 0.3 is 0 Å². The van der Waals surface area contributed by atoms with Crippen LogP contribution in [0.4, 0.5) is 15.9 Å². The molecule has 0 fully saturated rings. The normalized spacial score (nSPS) is 9.83. The Bertz CT molecular complexity index is 267. The van der Waals surface area contributed by atoms with Crippen molar-refractivity contribution in [3.05, 3.63) is 15.8 Å². The zero-order valence-electron chi connectivity index (χ0n) is 6.35. The van der Waals surface area contributed by atoms with E-state index >= 15 is 0 Å². The molecule has 3 nitrogen and oxygen atoms in total. The van der Waals surface area contributed by atoms with Gasteiger partial charge in [0.25, 0.3) is 0 Å². The van der Waals surface area contributed by atoms with Crippen LogP contribution >= 0.6 is 22.6 Å². The molecule has 0 atom stereocenters. The van der Waals surface area contributed by atoms with E-state index in [2.05, 4.69) is 32.9 Å². The second-order valence-corrected chi connectivity index (χ2v) is 3.37. The van der Waals surface area contributed by atoms with E-state index in [4.69, 9.17) is 5.73 Å². The first-order valence-electron chi connectivity index (χ1n) is 3.45. The van der Waals surface area contributed by atoms with Crippen LogP contribution in [0.5, 0.6) is 0 Å². The van der Waals surface area contributed by atoms with Gasteiger partial charge in [0.05, 0.1) is 9.26 Å². The largest absolute Gasteiger partial charge is 0.384 e. The summed E-state index contributed by atoms with van der Waals surface area (Å²) in [7, 11) is 0. The van der Waals surface area contributed by atoms with Gasteiger partial charge in [-0.2, -0.15) is 0 Å². The maximum absolute atomic E-state index is 11.8. The van der Waals surface area contributed by atoms with Crippen molar-refractivity contribution in [2.75, 3.05) is 24.3 Å². The van der Waals surface area contributed by atoms with E-state index < -0.39 is 6.67 Å². The van der Waals surface area contributed by atoms with Crippen LogP contribution in [0, 0.1) is 3.57 Å². The Morgan fingerprint density at radius 2 is 2.42 bits per heavy atom. The lowest BCUT2D eigenvalue weighted by Gasteiger charge is -2.06. The number of pyridine rings is 1. The monoisotopic (exact) mass is 281 g/mol. The molecule has 66 valence electrons. The predicted molar refractivity (Wildman–Crippen MR) is 55.8 cm³/mol. The molecule has 0 saturated carbocycles. The molecular formula is C7H9FIN3. The van der Waals surface area contributed by atoms with E-state index in [9.17, 15) is 4.39 Å². The number of halogens is 2. The predicted octanol–water partition coefficient (Wildman–Crippen LogP) is 1.65. The Balaban J connectivity index is 2.75. The second kappa shape index (κ2) is 4.44. The molecule has 1 aromatic heterocycles. The topological polar surface area (TPSA) is 50.9 Å². The molecule has 0 saturated heterocycles. The van der Waals surface area contributed by atoms with Crippen molar-refractivity contribution in [1.82, 2.24) is 4.98 Å². The Kier molecular flexibility index (Phi) is 3.51. The van der Waals surface area contributed by atoms with Gasteiger partial charge in [0.15, 0.2) is 0 Å². The third-order valence-electron chi connectivity index (χ3n) is 1.29. The minimum absolute atomic E-state index is 0.305. The summed E-state index contributed by atoms with van der Waals surface area (Å²) in [5, 5.41) is 2.90. The third-order valence-corrected chi connectivity index (χ3v) is 2.15. The quantitative estimate of drug-likeness (QED) is 0.828. The number of aromatic nitrogens is 1. The summed E-state index contributed by atoms with van der Waals surface area (Å²) >= 11 is 2.11. The van der Waals surface area contributed by atoms with E-state index in [1.165, 1.54) is 0 Å². The number of anilines is 2. The minimum Gasteiger partial charge on any atom is -0.384 e. The highest BCUT2D eigenvalue weighted by atomic mass is 127. The number of nitrogens with one attached hydrogen (secondary N) is 1. The first kappa shape index (κ1) is 9.50. The molecular weight excluding hydrogens is 272 g/mol. The van der Waals surface area contributed by atoms with Gasteiger partial charge in [-0.3, -0.25) is 0 Å². The number of hydrogen-bond donors (Lipinski definition) is 2. The van der Waals surface area contributed by atoms with E-state index in [1.54, 1.807) is 12.3 Å². The molecule has 0 aliphatic rings. The lowest BCUT2D eigenvalue weighted by molar-refractivity contribution is 0.512. The molecule has 1 rings (SSSR count). The van der Waals surface area contributed by atoms with Crippen molar-refractivity contribution >= 4 is 34.1 Å². The second-order valence-electron chi connectivity index (χ2n) is 2.20. The van der Waals surface area contributed by atoms with Crippen LogP contribution in [0.25, 0.3) is 0 Å².